The first-order valence-electron chi connectivity index (χ1n) is 7.75. The second kappa shape index (κ2) is 7.27. The number of aryl methyl sites for hydroxylation is 2. The maximum atomic E-state index is 12.4. The minimum absolute atomic E-state index is 0.0910. The average Bonchev–Trinajstić information content (AvgIpc) is 2.95. The molecule has 4 nitrogen and oxygen atoms in total. The van der Waals surface area contributed by atoms with Crippen molar-refractivity contribution >= 4 is 28.1 Å². The van der Waals surface area contributed by atoms with Crippen LogP contribution in [0.4, 0.5) is 10.8 Å². The van der Waals surface area contributed by atoms with Gasteiger partial charge in [-0.3, -0.25) is 4.79 Å². The number of nitrogens with one attached hydrogen (secondary N) is 2. The number of aromatic nitrogens is 1. The van der Waals surface area contributed by atoms with Gasteiger partial charge in [0.05, 0.1) is 5.69 Å². The number of rotatable bonds is 5. The lowest BCUT2D eigenvalue weighted by Crippen LogP contribution is -2.22. The fourth-order valence-corrected chi connectivity index (χ4v) is 3.18. The highest BCUT2D eigenvalue weighted by Crippen LogP contribution is 2.25. The Morgan fingerprint density at radius 2 is 1.75 bits per heavy atom. The van der Waals surface area contributed by atoms with E-state index in [-0.39, 0.29) is 5.91 Å². The van der Waals surface area contributed by atoms with Crippen molar-refractivity contribution in [3.05, 3.63) is 76.3 Å². The highest BCUT2D eigenvalue weighted by Gasteiger charge is 2.15. The van der Waals surface area contributed by atoms with Crippen LogP contribution in [0.3, 0.4) is 0 Å². The van der Waals surface area contributed by atoms with Crippen molar-refractivity contribution in [1.29, 1.82) is 0 Å². The second-order valence-corrected chi connectivity index (χ2v) is 6.59. The van der Waals surface area contributed by atoms with Gasteiger partial charge in [0.2, 0.25) is 0 Å². The van der Waals surface area contributed by atoms with E-state index >= 15 is 0 Å². The third-order valence-corrected chi connectivity index (χ3v) is 4.67. The van der Waals surface area contributed by atoms with Gasteiger partial charge in [-0.25, -0.2) is 4.98 Å². The number of para-hydroxylation sites is 1. The zero-order valence-corrected chi connectivity index (χ0v) is 14.5. The molecule has 0 bridgehead atoms. The van der Waals surface area contributed by atoms with Gasteiger partial charge in [0, 0.05) is 12.2 Å². The number of thiazole rings is 1. The molecule has 1 amide bonds. The molecule has 1 aromatic heterocycles. The maximum Gasteiger partial charge on any atom is 0.263 e. The van der Waals surface area contributed by atoms with Gasteiger partial charge in [-0.1, -0.05) is 59.4 Å². The lowest BCUT2D eigenvalue weighted by atomic mass is 10.1. The monoisotopic (exact) mass is 337 g/mol. The van der Waals surface area contributed by atoms with Gasteiger partial charge in [-0.15, -0.1) is 0 Å². The maximum absolute atomic E-state index is 12.4. The number of amides is 1. The number of anilines is 2. The molecule has 3 aromatic rings. The predicted molar refractivity (Wildman–Crippen MR) is 98.9 cm³/mol. The molecule has 1 heterocycles. The molecule has 2 aromatic carbocycles. The quantitative estimate of drug-likeness (QED) is 0.724. The Morgan fingerprint density at radius 1 is 1.04 bits per heavy atom. The van der Waals surface area contributed by atoms with Gasteiger partial charge in [0.1, 0.15) is 4.88 Å². The molecule has 0 atom stereocenters. The summed E-state index contributed by atoms with van der Waals surface area (Å²) in [5, 5.41) is 6.91. The molecule has 0 aliphatic rings. The topological polar surface area (TPSA) is 54.0 Å². The van der Waals surface area contributed by atoms with E-state index in [9.17, 15) is 4.79 Å². The van der Waals surface area contributed by atoms with Crippen molar-refractivity contribution in [3.8, 4) is 0 Å². The number of nitrogens with zero attached hydrogens (tertiary/aromatic N) is 1. The lowest BCUT2D eigenvalue weighted by Gasteiger charge is -2.04. The SMILES string of the molecule is Cc1ccc(CNC(=O)c2sc(Nc3ccccc3)nc2C)cc1. The van der Waals surface area contributed by atoms with Crippen molar-refractivity contribution < 1.29 is 4.79 Å². The zero-order valence-electron chi connectivity index (χ0n) is 13.7. The van der Waals surface area contributed by atoms with E-state index in [4.69, 9.17) is 0 Å². The van der Waals surface area contributed by atoms with Gasteiger partial charge >= 0.3 is 0 Å². The molecule has 0 saturated heterocycles. The van der Waals surface area contributed by atoms with Crippen LogP contribution >= 0.6 is 11.3 Å². The van der Waals surface area contributed by atoms with Crippen LogP contribution in [0.5, 0.6) is 0 Å². The summed E-state index contributed by atoms with van der Waals surface area (Å²) < 4.78 is 0. The first-order chi connectivity index (χ1) is 11.6. The van der Waals surface area contributed by atoms with Crippen LogP contribution in [0.25, 0.3) is 0 Å². The summed E-state index contributed by atoms with van der Waals surface area (Å²) in [5.74, 6) is -0.0910. The molecule has 0 unspecified atom stereocenters. The molecule has 0 saturated carbocycles. The Morgan fingerprint density at radius 3 is 2.46 bits per heavy atom. The second-order valence-electron chi connectivity index (χ2n) is 5.59. The summed E-state index contributed by atoms with van der Waals surface area (Å²) in [4.78, 5) is 17.5. The Kier molecular flexibility index (Phi) is 4.91. The number of carbonyl (C=O) groups excluding carboxylic acids is 1. The standard InChI is InChI=1S/C19H19N3OS/c1-13-8-10-15(11-9-13)12-20-18(23)17-14(2)21-19(24-17)22-16-6-4-3-5-7-16/h3-11H,12H2,1-2H3,(H,20,23)(H,21,22). The molecule has 0 aliphatic carbocycles. The predicted octanol–water partition coefficient (Wildman–Crippen LogP) is 4.43. The lowest BCUT2D eigenvalue weighted by molar-refractivity contribution is 0.0954. The minimum Gasteiger partial charge on any atom is -0.347 e. The van der Waals surface area contributed by atoms with Crippen LogP contribution in [0.2, 0.25) is 0 Å². The van der Waals surface area contributed by atoms with Gasteiger partial charge in [0.15, 0.2) is 5.13 Å². The molecular weight excluding hydrogens is 318 g/mol. The summed E-state index contributed by atoms with van der Waals surface area (Å²) in [6.07, 6.45) is 0. The van der Waals surface area contributed by atoms with E-state index in [0.29, 0.717) is 11.4 Å². The van der Waals surface area contributed by atoms with E-state index in [1.807, 2.05) is 68.4 Å². The highest BCUT2D eigenvalue weighted by atomic mass is 32.1. The van der Waals surface area contributed by atoms with Crippen molar-refractivity contribution in [2.45, 2.75) is 20.4 Å². The van der Waals surface area contributed by atoms with Crippen LogP contribution in [0.1, 0.15) is 26.5 Å². The van der Waals surface area contributed by atoms with Gasteiger partial charge in [-0.05, 0) is 31.5 Å². The molecule has 0 radical (unpaired) electrons. The average molecular weight is 337 g/mol. The number of benzene rings is 2. The molecular formula is C19H19N3OS. The van der Waals surface area contributed by atoms with E-state index < -0.39 is 0 Å². The van der Waals surface area contributed by atoms with Crippen LogP contribution in [-0.2, 0) is 6.54 Å². The zero-order chi connectivity index (χ0) is 16.9. The van der Waals surface area contributed by atoms with E-state index in [2.05, 4.69) is 15.6 Å². The normalized spacial score (nSPS) is 10.4. The van der Waals surface area contributed by atoms with E-state index in [1.165, 1.54) is 16.9 Å². The first-order valence-corrected chi connectivity index (χ1v) is 8.57. The summed E-state index contributed by atoms with van der Waals surface area (Å²) in [6, 6.07) is 17.9. The summed E-state index contributed by atoms with van der Waals surface area (Å²) in [5.41, 5.74) is 3.98. The first kappa shape index (κ1) is 16.2. The number of hydrogen-bond acceptors (Lipinski definition) is 4. The third kappa shape index (κ3) is 4.00. The van der Waals surface area contributed by atoms with Crippen LogP contribution < -0.4 is 10.6 Å². The summed E-state index contributed by atoms with van der Waals surface area (Å²) in [7, 11) is 0. The molecule has 3 rings (SSSR count). The third-order valence-electron chi connectivity index (χ3n) is 3.60. The molecule has 0 aliphatic heterocycles. The van der Waals surface area contributed by atoms with Gasteiger partial charge in [0.25, 0.3) is 5.91 Å². The van der Waals surface area contributed by atoms with Crippen molar-refractivity contribution in [2.24, 2.45) is 0 Å². The van der Waals surface area contributed by atoms with Crippen molar-refractivity contribution in [2.75, 3.05) is 5.32 Å². The van der Waals surface area contributed by atoms with Gasteiger partial charge in [-0.2, -0.15) is 0 Å². The minimum atomic E-state index is -0.0910. The Balaban J connectivity index is 1.65. The molecule has 24 heavy (non-hydrogen) atoms. The molecule has 0 spiro atoms. The summed E-state index contributed by atoms with van der Waals surface area (Å²) in [6.45, 7) is 4.41. The summed E-state index contributed by atoms with van der Waals surface area (Å²) >= 11 is 1.37. The van der Waals surface area contributed by atoms with Gasteiger partial charge < -0.3 is 10.6 Å². The fourth-order valence-electron chi connectivity index (χ4n) is 2.27. The van der Waals surface area contributed by atoms with Crippen LogP contribution in [0, 0.1) is 13.8 Å². The van der Waals surface area contributed by atoms with E-state index in [0.717, 1.165) is 22.1 Å². The van der Waals surface area contributed by atoms with Crippen molar-refractivity contribution in [3.63, 3.8) is 0 Å². The fraction of sp³-hybridized carbons (Fsp3) is 0.158. The van der Waals surface area contributed by atoms with E-state index in [1.54, 1.807) is 0 Å². The van der Waals surface area contributed by atoms with Crippen molar-refractivity contribution in [1.82, 2.24) is 10.3 Å². The Bertz CT molecular complexity index is 826. The molecule has 5 heteroatoms. The van der Waals surface area contributed by atoms with Crippen LogP contribution in [-0.4, -0.2) is 10.9 Å². The molecule has 2 N–H and O–H groups in total. The molecule has 0 fully saturated rings. The largest absolute Gasteiger partial charge is 0.347 e. The Hall–Kier alpha value is -2.66. The highest BCUT2D eigenvalue weighted by molar-refractivity contribution is 7.17. The number of hydrogen-bond donors (Lipinski definition) is 2. The Labute approximate surface area is 145 Å². The smallest absolute Gasteiger partial charge is 0.263 e. The van der Waals surface area contributed by atoms with Crippen LogP contribution in [0.15, 0.2) is 54.6 Å². The molecule has 122 valence electrons. The number of carbonyl (C=O) groups is 1.